The molecule has 196 valence electrons. The number of anilines is 1. The first-order valence-electron chi connectivity index (χ1n) is 12.0. The van der Waals surface area contributed by atoms with Gasteiger partial charge in [0.1, 0.15) is 5.75 Å². The van der Waals surface area contributed by atoms with Crippen molar-refractivity contribution in [2.75, 3.05) is 57.2 Å². The Balaban J connectivity index is 0.00000361. The van der Waals surface area contributed by atoms with E-state index in [2.05, 4.69) is 17.0 Å². The zero-order valence-electron chi connectivity index (χ0n) is 20.7. The molecule has 1 saturated heterocycles. The van der Waals surface area contributed by atoms with Gasteiger partial charge in [0.05, 0.1) is 30.5 Å². The third kappa shape index (κ3) is 7.97. The van der Waals surface area contributed by atoms with E-state index in [0.29, 0.717) is 18.0 Å². The summed E-state index contributed by atoms with van der Waals surface area (Å²) in [7, 11) is 1.67. The molecule has 2 heterocycles. The fourth-order valence-corrected chi connectivity index (χ4v) is 6.40. The molecule has 1 aliphatic rings. The van der Waals surface area contributed by atoms with Gasteiger partial charge in [0.25, 0.3) is 0 Å². The van der Waals surface area contributed by atoms with Crippen LogP contribution in [0.3, 0.4) is 0 Å². The molecule has 0 atom stereocenters. The number of carbonyl (C=O) groups excluding carboxylic acids is 1. The van der Waals surface area contributed by atoms with Gasteiger partial charge in [0, 0.05) is 42.5 Å². The predicted molar refractivity (Wildman–Crippen MR) is 154 cm³/mol. The molecule has 0 aliphatic carbocycles. The van der Waals surface area contributed by atoms with Crippen LogP contribution in [0.4, 0.5) is 5.13 Å². The van der Waals surface area contributed by atoms with Crippen LogP contribution in [0.2, 0.25) is 5.02 Å². The van der Waals surface area contributed by atoms with Gasteiger partial charge in [0.2, 0.25) is 5.91 Å². The lowest BCUT2D eigenvalue weighted by Gasteiger charge is -2.27. The minimum atomic E-state index is 0. The number of ether oxygens (including phenoxy) is 2. The lowest BCUT2D eigenvalue weighted by molar-refractivity contribution is -0.118. The molecule has 3 aromatic rings. The summed E-state index contributed by atoms with van der Waals surface area (Å²) in [6, 6.07) is 11.9. The average molecular weight is 571 g/mol. The number of aromatic nitrogens is 1. The molecule has 0 saturated carbocycles. The minimum Gasteiger partial charge on any atom is -0.497 e. The van der Waals surface area contributed by atoms with Crippen molar-refractivity contribution in [3.8, 4) is 5.75 Å². The van der Waals surface area contributed by atoms with Gasteiger partial charge in [-0.15, -0.1) is 24.2 Å². The van der Waals surface area contributed by atoms with Crippen LogP contribution in [-0.2, 0) is 9.53 Å². The van der Waals surface area contributed by atoms with Crippen LogP contribution in [0.15, 0.2) is 41.3 Å². The molecule has 10 heteroatoms. The largest absolute Gasteiger partial charge is 0.497 e. The first-order chi connectivity index (χ1) is 17.0. The molecule has 36 heavy (non-hydrogen) atoms. The molecule has 4 rings (SSSR count). The van der Waals surface area contributed by atoms with E-state index < -0.39 is 0 Å². The molecule has 0 spiro atoms. The van der Waals surface area contributed by atoms with E-state index in [1.54, 1.807) is 30.2 Å². The van der Waals surface area contributed by atoms with Crippen molar-refractivity contribution < 1.29 is 14.3 Å². The van der Waals surface area contributed by atoms with Crippen LogP contribution in [0.5, 0.6) is 5.75 Å². The Kier molecular flexibility index (Phi) is 11.6. The Hall–Kier alpha value is -1.55. The topological polar surface area (TPSA) is 54.9 Å². The van der Waals surface area contributed by atoms with Crippen LogP contribution in [0.1, 0.15) is 24.8 Å². The number of hydrogen-bond acceptors (Lipinski definition) is 7. The number of rotatable bonds is 11. The molecular formula is C26H33Cl2N3O3S2. The minimum absolute atomic E-state index is 0. The van der Waals surface area contributed by atoms with Gasteiger partial charge in [-0.1, -0.05) is 22.9 Å². The van der Waals surface area contributed by atoms with E-state index in [4.69, 9.17) is 26.1 Å². The normalized spacial score (nSPS) is 14.0. The summed E-state index contributed by atoms with van der Waals surface area (Å²) < 4.78 is 11.7. The molecule has 0 unspecified atom stereocenters. The molecule has 0 radical (unpaired) electrons. The predicted octanol–water partition coefficient (Wildman–Crippen LogP) is 6.32. The molecule has 1 amide bonds. The highest BCUT2D eigenvalue weighted by Gasteiger charge is 2.21. The number of halogens is 2. The Morgan fingerprint density at radius 2 is 1.97 bits per heavy atom. The first-order valence-corrected chi connectivity index (χ1v) is 14.2. The maximum absolute atomic E-state index is 13.4. The summed E-state index contributed by atoms with van der Waals surface area (Å²) in [5, 5.41) is 1.46. The smallest absolute Gasteiger partial charge is 0.228 e. The zero-order chi connectivity index (χ0) is 24.6. The molecule has 1 aliphatic heterocycles. The van der Waals surface area contributed by atoms with Gasteiger partial charge >= 0.3 is 0 Å². The second-order valence-electron chi connectivity index (χ2n) is 8.55. The number of thiazole rings is 1. The van der Waals surface area contributed by atoms with Gasteiger partial charge in [-0.25, -0.2) is 4.98 Å². The summed E-state index contributed by atoms with van der Waals surface area (Å²) in [5.74, 6) is 1.86. The van der Waals surface area contributed by atoms with Gasteiger partial charge in [-0.3, -0.25) is 14.6 Å². The highest BCUT2D eigenvalue weighted by Crippen LogP contribution is 2.33. The van der Waals surface area contributed by atoms with Gasteiger partial charge < -0.3 is 9.47 Å². The fourth-order valence-electron chi connectivity index (χ4n) is 4.08. The molecule has 1 fully saturated rings. The molecular weight excluding hydrogens is 537 g/mol. The van der Waals surface area contributed by atoms with Crippen LogP contribution in [-0.4, -0.2) is 68.0 Å². The number of hydrogen-bond donors (Lipinski definition) is 0. The number of thioether (sulfide) groups is 1. The standard InChI is InChI=1S/C26H32ClN3O3S2.ClH/c1-19-17-20(27)18-23-25(19)28-26(35-23)30(11-4-10-29-12-14-33-15-13-29)24(31)5-3-16-34-22-8-6-21(32-2)7-9-22;/h6-9,17-18H,3-5,10-16H2,1-2H3;1H. The Morgan fingerprint density at radius 3 is 2.69 bits per heavy atom. The maximum atomic E-state index is 13.4. The highest BCUT2D eigenvalue weighted by atomic mass is 35.5. The Morgan fingerprint density at radius 1 is 1.22 bits per heavy atom. The number of fused-ring (bicyclic) bond motifs is 1. The van der Waals surface area contributed by atoms with E-state index in [1.165, 1.54) is 4.90 Å². The monoisotopic (exact) mass is 569 g/mol. The van der Waals surface area contributed by atoms with Gasteiger partial charge in [-0.2, -0.15) is 0 Å². The number of carbonyl (C=O) groups is 1. The van der Waals surface area contributed by atoms with E-state index in [-0.39, 0.29) is 18.3 Å². The van der Waals surface area contributed by atoms with Crippen LogP contribution in [0.25, 0.3) is 10.2 Å². The number of benzene rings is 2. The van der Waals surface area contributed by atoms with Crippen molar-refractivity contribution in [1.29, 1.82) is 0 Å². The van der Waals surface area contributed by atoms with Gasteiger partial charge in [0.15, 0.2) is 5.13 Å². The molecule has 0 bridgehead atoms. The SMILES string of the molecule is COc1ccc(SCCCC(=O)N(CCCN2CCOCC2)c2nc3c(C)cc(Cl)cc3s2)cc1.Cl. The zero-order valence-corrected chi connectivity index (χ0v) is 23.9. The molecule has 1 aromatic heterocycles. The Labute approximate surface area is 232 Å². The van der Waals surface area contributed by atoms with Crippen molar-refractivity contribution in [2.45, 2.75) is 31.1 Å². The number of morpholine rings is 1. The van der Waals surface area contributed by atoms with E-state index in [0.717, 1.165) is 78.1 Å². The molecule has 2 aromatic carbocycles. The average Bonchev–Trinajstić information content (AvgIpc) is 3.29. The quantitative estimate of drug-likeness (QED) is 0.199. The maximum Gasteiger partial charge on any atom is 0.228 e. The summed E-state index contributed by atoms with van der Waals surface area (Å²) in [6.07, 6.45) is 2.21. The first kappa shape index (κ1) is 29.0. The fraction of sp³-hybridized carbons (Fsp3) is 0.462. The van der Waals surface area contributed by atoms with Crippen LogP contribution in [0, 0.1) is 6.92 Å². The number of methoxy groups -OCH3 is 1. The summed E-state index contributed by atoms with van der Waals surface area (Å²) in [4.78, 5) is 23.7. The summed E-state index contributed by atoms with van der Waals surface area (Å²) in [6.45, 7) is 7.10. The summed E-state index contributed by atoms with van der Waals surface area (Å²) in [5.41, 5.74) is 1.96. The van der Waals surface area contributed by atoms with Crippen LogP contribution >= 0.6 is 47.1 Å². The van der Waals surface area contributed by atoms with Crippen LogP contribution < -0.4 is 9.64 Å². The number of aryl methyl sites for hydroxylation is 1. The second-order valence-corrected chi connectivity index (χ2v) is 11.2. The van der Waals surface area contributed by atoms with E-state index in [9.17, 15) is 4.79 Å². The van der Waals surface area contributed by atoms with Crippen molar-refractivity contribution in [3.05, 3.63) is 47.0 Å². The number of nitrogens with zero attached hydrogens (tertiary/aromatic N) is 3. The third-order valence-electron chi connectivity index (χ3n) is 5.99. The Bertz CT molecular complexity index is 1120. The third-order valence-corrected chi connectivity index (χ3v) is 8.34. The van der Waals surface area contributed by atoms with E-state index >= 15 is 0 Å². The van der Waals surface area contributed by atoms with Crippen molar-refractivity contribution in [1.82, 2.24) is 9.88 Å². The van der Waals surface area contributed by atoms with Crippen molar-refractivity contribution in [3.63, 3.8) is 0 Å². The lowest BCUT2D eigenvalue weighted by Crippen LogP contribution is -2.39. The molecule has 6 nitrogen and oxygen atoms in total. The van der Waals surface area contributed by atoms with Gasteiger partial charge in [-0.05, 0) is 67.5 Å². The number of amides is 1. The highest BCUT2D eigenvalue weighted by molar-refractivity contribution is 7.99. The van der Waals surface area contributed by atoms with Crippen molar-refractivity contribution >= 4 is 68.4 Å². The van der Waals surface area contributed by atoms with Crippen molar-refractivity contribution in [2.24, 2.45) is 0 Å². The lowest BCUT2D eigenvalue weighted by atomic mass is 10.2. The summed E-state index contributed by atoms with van der Waals surface area (Å²) >= 11 is 9.58. The second kappa shape index (κ2) is 14.4. The van der Waals surface area contributed by atoms with E-state index in [1.807, 2.05) is 36.1 Å². The molecule has 0 N–H and O–H groups in total.